The predicted octanol–water partition coefficient (Wildman–Crippen LogP) is 1.55. The maximum Gasteiger partial charge on any atom is 0.262 e. The monoisotopic (exact) mass is 233 g/mol. The van der Waals surface area contributed by atoms with Gasteiger partial charge in [0, 0.05) is 16.7 Å². The van der Waals surface area contributed by atoms with Crippen molar-refractivity contribution in [3.8, 4) is 5.88 Å². The molecule has 0 atom stereocenters. The summed E-state index contributed by atoms with van der Waals surface area (Å²) >= 11 is 0. The van der Waals surface area contributed by atoms with E-state index in [1.54, 1.807) is 0 Å². The highest BCUT2D eigenvalue weighted by Gasteiger charge is 2.24. The van der Waals surface area contributed by atoms with Crippen LogP contribution in [0.3, 0.4) is 0 Å². The van der Waals surface area contributed by atoms with Crippen molar-refractivity contribution in [1.82, 2.24) is 4.98 Å². The van der Waals surface area contributed by atoms with Gasteiger partial charge < -0.3 is 4.74 Å². The zero-order valence-electron chi connectivity index (χ0n) is 7.18. The van der Waals surface area contributed by atoms with E-state index >= 15 is 0 Å². The van der Waals surface area contributed by atoms with Crippen LogP contribution < -0.4 is 4.74 Å². The Morgan fingerprint density at radius 3 is 2.57 bits per heavy atom. The second kappa shape index (κ2) is 3.40. The molecule has 0 radical (unpaired) electrons. The highest BCUT2D eigenvalue weighted by molar-refractivity contribution is 8.13. The SMILES string of the molecule is O=S(=O)(Cl)c1ccc(OC2CC2)nc1. The second-order valence-electron chi connectivity index (χ2n) is 3.09. The Hall–Kier alpha value is -0.810. The molecular weight excluding hydrogens is 226 g/mol. The fourth-order valence-corrected chi connectivity index (χ4v) is 1.62. The molecule has 1 fully saturated rings. The van der Waals surface area contributed by atoms with Crippen LogP contribution in [0, 0.1) is 0 Å². The number of rotatable bonds is 3. The molecule has 1 aliphatic rings. The minimum absolute atomic E-state index is 0.0117. The van der Waals surface area contributed by atoms with E-state index in [0.29, 0.717) is 5.88 Å². The van der Waals surface area contributed by atoms with Crippen molar-refractivity contribution in [3.05, 3.63) is 18.3 Å². The Labute approximate surface area is 86.3 Å². The Morgan fingerprint density at radius 2 is 2.14 bits per heavy atom. The largest absolute Gasteiger partial charge is 0.474 e. The Morgan fingerprint density at radius 1 is 1.43 bits per heavy atom. The maximum atomic E-state index is 10.9. The topological polar surface area (TPSA) is 56.3 Å². The van der Waals surface area contributed by atoms with Gasteiger partial charge in [-0.15, -0.1) is 0 Å². The van der Waals surface area contributed by atoms with E-state index in [1.165, 1.54) is 18.3 Å². The lowest BCUT2D eigenvalue weighted by molar-refractivity contribution is 0.290. The summed E-state index contributed by atoms with van der Waals surface area (Å²) in [5.74, 6) is 0.441. The van der Waals surface area contributed by atoms with Crippen molar-refractivity contribution in [2.24, 2.45) is 0 Å². The number of halogens is 1. The number of hydrogen-bond donors (Lipinski definition) is 0. The van der Waals surface area contributed by atoms with Gasteiger partial charge in [-0.3, -0.25) is 0 Å². The number of aromatic nitrogens is 1. The molecule has 4 nitrogen and oxygen atoms in total. The van der Waals surface area contributed by atoms with Gasteiger partial charge in [-0.05, 0) is 18.9 Å². The minimum atomic E-state index is -3.68. The molecule has 1 aromatic rings. The van der Waals surface area contributed by atoms with Crippen LogP contribution in [0.5, 0.6) is 5.88 Å². The molecule has 1 aliphatic carbocycles. The zero-order chi connectivity index (χ0) is 10.2. The summed E-state index contributed by atoms with van der Waals surface area (Å²) in [6, 6.07) is 2.89. The number of ether oxygens (including phenoxy) is 1. The smallest absolute Gasteiger partial charge is 0.262 e. The molecule has 0 unspecified atom stereocenters. The first kappa shape index (κ1) is 9.73. The summed E-state index contributed by atoms with van der Waals surface area (Å²) in [6.07, 6.45) is 3.52. The molecule has 0 saturated heterocycles. The lowest BCUT2D eigenvalue weighted by Crippen LogP contribution is -1.99. The van der Waals surface area contributed by atoms with Gasteiger partial charge in [-0.1, -0.05) is 0 Å². The van der Waals surface area contributed by atoms with Gasteiger partial charge in [0.05, 0.1) is 6.20 Å². The molecule has 1 aromatic heterocycles. The molecule has 0 amide bonds. The first-order valence-electron chi connectivity index (χ1n) is 4.13. The van der Waals surface area contributed by atoms with E-state index in [9.17, 15) is 8.42 Å². The number of nitrogens with zero attached hydrogens (tertiary/aromatic N) is 1. The highest BCUT2D eigenvalue weighted by atomic mass is 35.7. The summed E-state index contributed by atoms with van der Waals surface area (Å²) in [7, 11) is 1.44. The summed E-state index contributed by atoms with van der Waals surface area (Å²) in [4.78, 5) is 3.83. The average Bonchev–Trinajstić information content (AvgIpc) is 2.88. The van der Waals surface area contributed by atoms with Gasteiger partial charge in [0.1, 0.15) is 11.0 Å². The minimum Gasteiger partial charge on any atom is -0.474 e. The van der Waals surface area contributed by atoms with E-state index in [-0.39, 0.29) is 11.0 Å². The number of hydrogen-bond acceptors (Lipinski definition) is 4. The fraction of sp³-hybridized carbons (Fsp3) is 0.375. The number of pyridine rings is 1. The lowest BCUT2D eigenvalue weighted by atomic mass is 10.5. The first-order chi connectivity index (χ1) is 6.55. The zero-order valence-corrected chi connectivity index (χ0v) is 8.75. The van der Waals surface area contributed by atoms with E-state index in [2.05, 4.69) is 4.98 Å². The van der Waals surface area contributed by atoms with Crippen LogP contribution in [0.2, 0.25) is 0 Å². The molecule has 1 saturated carbocycles. The summed E-state index contributed by atoms with van der Waals surface area (Å²) in [6.45, 7) is 0. The predicted molar refractivity (Wildman–Crippen MR) is 50.9 cm³/mol. The molecule has 0 aliphatic heterocycles. The molecule has 0 N–H and O–H groups in total. The molecule has 0 spiro atoms. The van der Waals surface area contributed by atoms with E-state index in [0.717, 1.165) is 12.8 Å². The van der Waals surface area contributed by atoms with Crippen LogP contribution >= 0.6 is 10.7 Å². The van der Waals surface area contributed by atoms with E-state index < -0.39 is 9.05 Å². The quantitative estimate of drug-likeness (QED) is 0.744. The second-order valence-corrected chi connectivity index (χ2v) is 5.65. The van der Waals surface area contributed by atoms with E-state index in [1.807, 2.05) is 0 Å². The van der Waals surface area contributed by atoms with Gasteiger partial charge in [0.15, 0.2) is 0 Å². The van der Waals surface area contributed by atoms with Crippen LogP contribution in [0.15, 0.2) is 23.2 Å². The van der Waals surface area contributed by atoms with Crippen LogP contribution in [-0.4, -0.2) is 19.5 Å². The molecule has 0 bridgehead atoms. The fourth-order valence-electron chi connectivity index (χ4n) is 0.937. The molecule has 6 heteroatoms. The van der Waals surface area contributed by atoms with Crippen LogP contribution in [0.1, 0.15) is 12.8 Å². The molecule has 2 rings (SSSR count). The van der Waals surface area contributed by atoms with Crippen molar-refractivity contribution in [3.63, 3.8) is 0 Å². The van der Waals surface area contributed by atoms with Crippen molar-refractivity contribution >= 4 is 19.7 Å². The summed E-state index contributed by atoms with van der Waals surface area (Å²) < 4.78 is 27.1. The van der Waals surface area contributed by atoms with Gasteiger partial charge in [-0.2, -0.15) is 0 Å². The molecule has 0 aromatic carbocycles. The van der Waals surface area contributed by atoms with E-state index in [4.69, 9.17) is 15.4 Å². The standard InChI is InChI=1S/C8H8ClNO3S/c9-14(11,12)7-3-4-8(10-5-7)13-6-1-2-6/h3-6H,1-2H2. The molecule has 14 heavy (non-hydrogen) atoms. The normalized spacial score (nSPS) is 16.6. The summed E-state index contributed by atoms with van der Waals surface area (Å²) in [5.41, 5.74) is 0. The van der Waals surface area contributed by atoms with Crippen molar-refractivity contribution in [1.29, 1.82) is 0 Å². The molecule has 76 valence electrons. The van der Waals surface area contributed by atoms with Crippen LogP contribution in [0.4, 0.5) is 0 Å². The van der Waals surface area contributed by atoms with Gasteiger partial charge in [-0.25, -0.2) is 13.4 Å². The van der Waals surface area contributed by atoms with Gasteiger partial charge in [0.25, 0.3) is 9.05 Å². The first-order valence-corrected chi connectivity index (χ1v) is 6.44. The maximum absolute atomic E-state index is 10.9. The molecular formula is C8H8ClNO3S. The Kier molecular flexibility index (Phi) is 2.36. The Bertz CT molecular complexity index is 424. The third-order valence-electron chi connectivity index (χ3n) is 1.80. The van der Waals surface area contributed by atoms with Crippen LogP contribution in [0.25, 0.3) is 0 Å². The average molecular weight is 234 g/mol. The van der Waals surface area contributed by atoms with Crippen molar-refractivity contribution in [2.45, 2.75) is 23.8 Å². The highest BCUT2D eigenvalue weighted by Crippen LogP contribution is 2.26. The van der Waals surface area contributed by atoms with Crippen molar-refractivity contribution < 1.29 is 13.2 Å². The third-order valence-corrected chi connectivity index (χ3v) is 3.14. The van der Waals surface area contributed by atoms with Crippen LogP contribution in [-0.2, 0) is 9.05 Å². The van der Waals surface area contributed by atoms with Gasteiger partial charge >= 0.3 is 0 Å². The lowest BCUT2D eigenvalue weighted by Gasteiger charge is -2.02. The Balaban J connectivity index is 2.16. The third kappa shape index (κ3) is 2.36. The van der Waals surface area contributed by atoms with Crippen molar-refractivity contribution in [2.75, 3.05) is 0 Å². The molecule has 1 heterocycles. The summed E-state index contributed by atoms with van der Waals surface area (Å²) in [5, 5.41) is 0. The van der Waals surface area contributed by atoms with Gasteiger partial charge in [0.2, 0.25) is 5.88 Å².